The van der Waals surface area contributed by atoms with Gasteiger partial charge in [0.2, 0.25) is 0 Å². The highest BCUT2D eigenvalue weighted by molar-refractivity contribution is 5.40. The van der Waals surface area contributed by atoms with Gasteiger partial charge in [0, 0.05) is 5.92 Å². The fourth-order valence-electron chi connectivity index (χ4n) is 3.18. The van der Waals surface area contributed by atoms with Gasteiger partial charge in [-0.15, -0.1) is 0 Å². The Morgan fingerprint density at radius 3 is 3.08 bits per heavy atom. The molecule has 0 aromatic heterocycles. The molecule has 0 spiro atoms. The third kappa shape index (κ3) is 1.12. The average molecular weight is 172 g/mol. The maximum absolute atomic E-state index is 2.39. The Hall–Kier alpha value is -0.780. The van der Waals surface area contributed by atoms with Crippen molar-refractivity contribution in [3.05, 3.63) is 35.5 Å². The summed E-state index contributed by atoms with van der Waals surface area (Å²) in [7, 11) is 0. The Balaban J connectivity index is 2.05. The van der Waals surface area contributed by atoms with Crippen LogP contribution < -0.4 is 0 Å². The SMILES string of the molecule is C1=CC2=C3CCCC3CCC2C=C1. The fourth-order valence-corrected chi connectivity index (χ4v) is 3.18. The van der Waals surface area contributed by atoms with E-state index in [1.165, 1.54) is 32.1 Å². The van der Waals surface area contributed by atoms with E-state index in [1.54, 1.807) is 11.1 Å². The number of hydrogen-bond donors (Lipinski definition) is 0. The van der Waals surface area contributed by atoms with E-state index >= 15 is 0 Å². The van der Waals surface area contributed by atoms with Crippen LogP contribution in [0.4, 0.5) is 0 Å². The molecular weight excluding hydrogens is 156 g/mol. The summed E-state index contributed by atoms with van der Waals surface area (Å²) >= 11 is 0. The zero-order valence-electron chi connectivity index (χ0n) is 8.00. The van der Waals surface area contributed by atoms with Crippen molar-refractivity contribution in [1.29, 1.82) is 0 Å². The molecule has 68 valence electrons. The van der Waals surface area contributed by atoms with Crippen molar-refractivity contribution in [2.24, 2.45) is 11.8 Å². The van der Waals surface area contributed by atoms with Gasteiger partial charge >= 0.3 is 0 Å². The van der Waals surface area contributed by atoms with Gasteiger partial charge in [0.05, 0.1) is 0 Å². The predicted molar refractivity (Wildman–Crippen MR) is 55.4 cm³/mol. The summed E-state index contributed by atoms with van der Waals surface area (Å²) < 4.78 is 0. The Morgan fingerprint density at radius 2 is 2.08 bits per heavy atom. The first-order chi connectivity index (χ1) is 6.45. The minimum Gasteiger partial charge on any atom is -0.0770 e. The molecule has 0 saturated heterocycles. The molecule has 1 fully saturated rings. The van der Waals surface area contributed by atoms with Crippen molar-refractivity contribution in [2.75, 3.05) is 0 Å². The van der Waals surface area contributed by atoms with Crippen LogP contribution in [0.2, 0.25) is 0 Å². The standard InChI is InChI=1S/C13H16/c1-2-6-12-10(4-1)8-9-11-5-3-7-13(11)12/h1-2,4,6,10-11H,3,5,7-9H2. The van der Waals surface area contributed by atoms with Gasteiger partial charge in [-0.25, -0.2) is 0 Å². The maximum atomic E-state index is 2.39. The lowest BCUT2D eigenvalue weighted by Crippen LogP contribution is -2.15. The summed E-state index contributed by atoms with van der Waals surface area (Å²) in [6, 6.07) is 0. The molecule has 0 heterocycles. The molecular formula is C13H16. The van der Waals surface area contributed by atoms with Crippen LogP contribution in [0, 0.1) is 11.8 Å². The zero-order valence-corrected chi connectivity index (χ0v) is 8.00. The van der Waals surface area contributed by atoms with Crippen molar-refractivity contribution < 1.29 is 0 Å². The molecule has 0 amide bonds. The van der Waals surface area contributed by atoms with Crippen LogP contribution in [0.15, 0.2) is 35.5 Å². The number of hydrogen-bond acceptors (Lipinski definition) is 0. The van der Waals surface area contributed by atoms with Gasteiger partial charge in [-0.05, 0) is 43.6 Å². The Morgan fingerprint density at radius 1 is 1.08 bits per heavy atom. The van der Waals surface area contributed by atoms with E-state index in [4.69, 9.17) is 0 Å². The van der Waals surface area contributed by atoms with Crippen LogP contribution in [0.1, 0.15) is 32.1 Å². The lowest BCUT2D eigenvalue weighted by Gasteiger charge is -2.29. The average Bonchev–Trinajstić information content (AvgIpc) is 2.65. The minimum atomic E-state index is 0.773. The highest BCUT2D eigenvalue weighted by atomic mass is 14.4. The van der Waals surface area contributed by atoms with Crippen LogP contribution in [0.25, 0.3) is 0 Å². The summed E-state index contributed by atoms with van der Waals surface area (Å²) in [6.07, 6.45) is 16.3. The smallest absolute Gasteiger partial charge is 0.00209 e. The number of allylic oxidation sites excluding steroid dienone is 6. The largest absolute Gasteiger partial charge is 0.0770 e. The van der Waals surface area contributed by atoms with Crippen molar-refractivity contribution in [2.45, 2.75) is 32.1 Å². The first-order valence-electron chi connectivity index (χ1n) is 5.53. The first-order valence-corrected chi connectivity index (χ1v) is 5.53. The van der Waals surface area contributed by atoms with Gasteiger partial charge in [-0.2, -0.15) is 0 Å². The van der Waals surface area contributed by atoms with E-state index in [2.05, 4.69) is 24.3 Å². The molecule has 0 nitrogen and oxygen atoms in total. The van der Waals surface area contributed by atoms with Gasteiger partial charge in [-0.3, -0.25) is 0 Å². The molecule has 0 aliphatic heterocycles. The second kappa shape index (κ2) is 2.87. The van der Waals surface area contributed by atoms with E-state index in [-0.39, 0.29) is 0 Å². The van der Waals surface area contributed by atoms with E-state index in [1.807, 2.05) is 0 Å². The molecule has 0 N–H and O–H groups in total. The molecule has 2 atom stereocenters. The molecule has 2 unspecified atom stereocenters. The molecule has 0 heteroatoms. The number of fused-ring (bicyclic) bond motifs is 2. The van der Waals surface area contributed by atoms with Crippen molar-refractivity contribution in [1.82, 2.24) is 0 Å². The maximum Gasteiger partial charge on any atom is 0.00209 e. The lowest BCUT2D eigenvalue weighted by atomic mass is 9.76. The van der Waals surface area contributed by atoms with Gasteiger partial charge in [0.25, 0.3) is 0 Å². The van der Waals surface area contributed by atoms with E-state index in [9.17, 15) is 0 Å². The Kier molecular flexibility index (Phi) is 1.68. The quantitative estimate of drug-likeness (QED) is 0.523. The van der Waals surface area contributed by atoms with E-state index in [0.717, 1.165) is 11.8 Å². The summed E-state index contributed by atoms with van der Waals surface area (Å²) in [4.78, 5) is 0. The van der Waals surface area contributed by atoms with Gasteiger partial charge < -0.3 is 0 Å². The lowest BCUT2D eigenvalue weighted by molar-refractivity contribution is 0.472. The molecule has 0 aromatic rings. The topological polar surface area (TPSA) is 0 Å². The summed E-state index contributed by atoms with van der Waals surface area (Å²) in [6.45, 7) is 0. The molecule has 13 heavy (non-hydrogen) atoms. The van der Waals surface area contributed by atoms with Crippen LogP contribution in [-0.2, 0) is 0 Å². The van der Waals surface area contributed by atoms with E-state index in [0.29, 0.717) is 0 Å². The molecule has 0 radical (unpaired) electrons. The van der Waals surface area contributed by atoms with Crippen LogP contribution in [0.5, 0.6) is 0 Å². The van der Waals surface area contributed by atoms with Crippen molar-refractivity contribution in [3.8, 4) is 0 Å². The monoisotopic (exact) mass is 172 g/mol. The normalized spacial score (nSPS) is 36.3. The third-order valence-corrected chi connectivity index (χ3v) is 3.82. The fraction of sp³-hybridized carbons (Fsp3) is 0.538. The number of rotatable bonds is 0. The van der Waals surface area contributed by atoms with E-state index < -0.39 is 0 Å². The molecule has 0 aromatic carbocycles. The zero-order chi connectivity index (χ0) is 8.67. The predicted octanol–water partition coefficient (Wildman–Crippen LogP) is 3.62. The summed E-state index contributed by atoms with van der Waals surface area (Å²) in [5.74, 6) is 1.73. The molecule has 3 rings (SSSR count). The van der Waals surface area contributed by atoms with Gasteiger partial charge in [-0.1, -0.05) is 29.9 Å². The Bertz CT molecular complexity index is 304. The van der Waals surface area contributed by atoms with Crippen LogP contribution >= 0.6 is 0 Å². The van der Waals surface area contributed by atoms with Gasteiger partial charge in [0.15, 0.2) is 0 Å². The summed E-state index contributed by atoms with van der Waals surface area (Å²) in [5.41, 5.74) is 3.48. The van der Waals surface area contributed by atoms with Crippen LogP contribution in [-0.4, -0.2) is 0 Å². The molecule has 3 aliphatic carbocycles. The van der Waals surface area contributed by atoms with Crippen LogP contribution in [0.3, 0.4) is 0 Å². The third-order valence-electron chi connectivity index (χ3n) is 3.82. The molecule has 3 aliphatic rings. The van der Waals surface area contributed by atoms with Gasteiger partial charge in [0.1, 0.15) is 0 Å². The molecule has 0 bridgehead atoms. The van der Waals surface area contributed by atoms with Crippen molar-refractivity contribution >= 4 is 0 Å². The molecule has 1 saturated carbocycles. The highest BCUT2D eigenvalue weighted by Gasteiger charge is 2.30. The second-order valence-electron chi connectivity index (χ2n) is 4.50. The van der Waals surface area contributed by atoms with Crippen molar-refractivity contribution in [3.63, 3.8) is 0 Å². The first kappa shape index (κ1) is 7.61. The summed E-state index contributed by atoms with van der Waals surface area (Å²) in [5, 5.41) is 0. The second-order valence-corrected chi connectivity index (χ2v) is 4.50. The minimum absolute atomic E-state index is 0.773. The Labute approximate surface area is 80.0 Å². The highest BCUT2D eigenvalue weighted by Crippen LogP contribution is 2.45.